The predicted octanol–water partition coefficient (Wildman–Crippen LogP) is 2.05. The first-order valence-corrected chi connectivity index (χ1v) is 2.81. The minimum absolute atomic E-state index is 0. The Morgan fingerprint density at radius 3 is 1.62 bits per heavy atom. The summed E-state index contributed by atoms with van der Waals surface area (Å²) in [4.78, 5) is 0. The highest BCUT2D eigenvalue weighted by Crippen LogP contribution is 2.01. The molecule has 0 aromatic heterocycles. The fraction of sp³-hybridized carbons (Fsp3) is 1.00. The van der Waals surface area contributed by atoms with Crippen molar-refractivity contribution in [2.45, 2.75) is 40.7 Å². The van der Waals surface area contributed by atoms with Gasteiger partial charge in [-0.2, -0.15) is 0 Å². The van der Waals surface area contributed by atoms with E-state index in [4.69, 9.17) is 5.11 Å². The monoisotopic (exact) mass is 118 g/mol. The van der Waals surface area contributed by atoms with Gasteiger partial charge in [0.15, 0.2) is 0 Å². The number of aliphatic hydroxyl groups excluding tert-OH is 1. The molecule has 0 amide bonds. The van der Waals surface area contributed by atoms with E-state index in [-0.39, 0.29) is 13.5 Å². The summed E-state index contributed by atoms with van der Waals surface area (Å²) in [6, 6.07) is 0. The molecule has 1 atom stereocenters. The molecule has 1 unspecified atom stereocenters. The first-order chi connectivity index (χ1) is 3.13. The van der Waals surface area contributed by atoms with Crippen molar-refractivity contribution in [2.75, 3.05) is 0 Å². The highest BCUT2D eigenvalue weighted by molar-refractivity contribution is 4.49. The van der Waals surface area contributed by atoms with E-state index in [1.54, 1.807) is 0 Å². The lowest BCUT2D eigenvalue weighted by atomic mass is 10.1. The first-order valence-electron chi connectivity index (χ1n) is 2.81. The Hall–Kier alpha value is -0.0400. The molecule has 0 aromatic carbocycles. The summed E-state index contributed by atoms with van der Waals surface area (Å²) in [6.07, 6.45) is 0.792. The van der Waals surface area contributed by atoms with Crippen LogP contribution in [0.1, 0.15) is 34.6 Å². The molecule has 0 rings (SSSR count). The molecule has 0 fully saturated rings. The molecular weight excluding hydrogens is 100 g/mol. The van der Waals surface area contributed by atoms with Crippen molar-refractivity contribution in [2.24, 2.45) is 5.92 Å². The minimum atomic E-state index is -0.125. The lowest BCUT2D eigenvalue weighted by Crippen LogP contribution is -2.03. The van der Waals surface area contributed by atoms with Crippen molar-refractivity contribution < 1.29 is 5.11 Å². The Morgan fingerprint density at radius 2 is 1.62 bits per heavy atom. The van der Waals surface area contributed by atoms with Crippen LogP contribution in [0.25, 0.3) is 0 Å². The van der Waals surface area contributed by atoms with Crippen LogP contribution in [0.4, 0.5) is 0 Å². The molecule has 0 bridgehead atoms. The third kappa shape index (κ3) is 9.35. The lowest BCUT2D eigenvalue weighted by molar-refractivity contribution is 0.168. The molecule has 0 heterocycles. The number of hydrogen-bond acceptors (Lipinski definition) is 1. The SMILES string of the molecule is C.CC(C)CC(C)O. The standard InChI is InChI=1S/C6H14O.CH4/c1-5(2)4-6(3)7;/h5-7H,4H2,1-3H3;1H4. The van der Waals surface area contributed by atoms with E-state index in [1.165, 1.54) is 0 Å². The van der Waals surface area contributed by atoms with Gasteiger partial charge < -0.3 is 5.11 Å². The summed E-state index contributed by atoms with van der Waals surface area (Å²) in [5.74, 6) is 0.625. The van der Waals surface area contributed by atoms with E-state index < -0.39 is 0 Å². The zero-order chi connectivity index (χ0) is 5.86. The van der Waals surface area contributed by atoms with Crippen molar-refractivity contribution in [3.05, 3.63) is 0 Å². The van der Waals surface area contributed by atoms with E-state index in [0.717, 1.165) is 6.42 Å². The quantitative estimate of drug-likeness (QED) is 0.588. The van der Waals surface area contributed by atoms with Crippen LogP contribution < -0.4 is 0 Å². The van der Waals surface area contributed by atoms with Crippen molar-refractivity contribution in [3.8, 4) is 0 Å². The van der Waals surface area contributed by atoms with Crippen molar-refractivity contribution in [1.29, 1.82) is 0 Å². The van der Waals surface area contributed by atoms with Crippen LogP contribution in [-0.4, -0.2) is 11.2 Å². The van der Waals surface area contributed by atoms with Gasteiger partial charge in [-0.1, -0.05) is 21.3 Å². The second-order valence-electron chi connectivity index (χ2n) is 2.48. The fourth-order valence-corrected chi connectivity index (χ4v) is 0.682. The zero-order valence-corrected chi connectivity index (χ0v) is 5.31. The van der Waals surface area contributed by atoms with Crippen LogP contribution in [0, 0.1) is 5.92 Å². The maximum absolute atomic E-state index is 8.72. The third-order valence-electron chi connectivity index (χ3n) is 0.813. The summed E-state index contributed by atoms with van der Waals surface area (Å²) in [5.41, 5.74) is 0. The minimum Gasteiger partial charge on any atom is -0.393 e. The second kappa shape index (κ2) is 5.10. The summed E-state index contributed by atoms with van der Waals surface area (Å²) >= 11 is 0. The van der Waals surface area contributed by atoms with Crippen LogP contribution in [0.15, 0.2) is 0 Å². The van der Waals surface area contributed by atoms with Crippen LogP contribution in [-0.2, 0) is 0 Å². The number of aliphatic hydroxyl groups is 1. The summed E-state index contributed by atoms with van der Waals surface area (Å²) in [5, 5.41) is 8.72. The van der Waals surface area contributed by atoms with Gasteiger partial charge in [-0.05, 0) is 19.3 Å². The molecule has 52 valence electrons. The van der Waals surface area contributed by atoms with Gasteiger partial charge in [-0.3, -0.25) is 0 Å². The second-order valence-corrected chi connectivity index (χ2v) is 2.48. The zero-order valence-electron chi connectivity index (χ0n) is 5.31. The Bertz CT molecular complexity index is 33.7. The third-order valence-corrected chi connectivity index (χ3v) is 0.813. The Balaban J connectivity index is 0. The highest BCUT2D eigenvalue weighted by atomic mass is 16.3. The molecular formula is C7H18O. The van der Waals surface area contributed by atoms with Gasteiger partial charge in [0.1, 0.15) is 0 Å². The largest absolute Gasteiger partial charge is 0.393 e. The molecule has 0 aliphatic rings. The van der Waals surface area contributed by atoms with Crippen molar-refractivity contribution >= 4 is 0 Å². The molecule has 1 nitrogen and oxygen atoms in total. The van der Waals surface area contributed by atoms with Crippen LogP contribution in [0.3, 0.4) is 0 Å². The van der Waals surface area contributed by atoms with Crippen molar-refractivity contribution in [3.63, 3.8) is 0 Å². The first kappa shape index (κ1) is 10.9. The van der Waals surface area contributed by atoms with Gasteiger partial charge in [-0.15, -0.1) is 0 Å². The molecule has 0 radical (unpaired) electrons. The van der Waals surface area contributed by atoms with Crippen LogP contribution in [0.2, 0.25) is 0 Å². The van der Waals surface area contributed by atoms with E-state index in [2.05, 4.69) is 13.8 Å². The average Bonchev–Trinajstić information content (AvgIpc) is 1.27. The molecule has 1 heteroatoms. The maximum Gasteiger partial charge on any atom is 0.0514 e. The Kier molecular flexibility index (Phi) is 6.93. The average molecular weight is 118 g/mol. The van der Waals surface area contributed by atoms with Crippen molar-refractivity contribution in [1.82, 2.24) is 0 Å². The normalized spacial score (nSPS) is 13.1. The van der Waals surface area contributed by atoms with E-state index in [9.17, 15) is 0 Å². The summed E-state index contributed by atoms with van der Waals surface area (Å²) in [7, 11) is 0. The van der Waals surface area contributed by atoms with Crippen LogP contribution in [0.5, 0.6) is 0 Å². The Morgan fingerprint density at radius 1 is 1.25 bits per heavy atom. The molecule has 0 saturated carbocycles. The molecule has 0 aromatic rings. The van der Waals surface area contributed by atoms with E-state index in [0.29, 0.717) is 5.92 Å². The van der Waals surface area contributed by atoms with E-state index in [1.807, 2.05) is 6.92 Å². The molecule has 0 aliphatic heterocycles. The molecule has 0 spiro atoms. The summed E-state index contributed by atoms with van der Waals surface area (Å²) < 4.78 is 0. The van der Waals surface area contributed by atoms with Gasteiger partial charge >= 0.3 is 0 Å². The van der Waals surface area contributed by atoms with Crippen LogP contribution >= 0.6 is 0 Å². The molecule has 0 aliphatic carbocycles. The van der Waals surface area contributed by atoms with Gasteiger partial charge in [-0.25, -0.2) is 0 Å². The number of rotatable bonds is 2. The highest BCUT2D eigenvalue weighted by Gasteiger charge is 1.97. The lowest BCUT2D eigenvalue weighted by Gasteiger charge is -2.04. The van der Waals surface area contributed by atoms with Gasteiger partial charge in [0.25, 0.3) is 0 Å². The smallest absolute Gasteiger partial charge is 0.0514 e. The molecule has 8 heavy (non-hydrogen) atoms. The van der Waals surface area contributed by atoms with Gasteiger partial charge in [0.2, 0.25) is 0 Å². The fourth-order valence-electron chi connectivity index (χ4n) is 0.682. The molecule has 0 saturated heterocycles. The Labute approximate surface area is 52.7 Å². The predicted molar refractivity (Wildman–Crippen MR) is 37.9 cm³/mol. The topological polar surface area (TPSA) is 20.2 Å². The van der Waals surface area contributed by atoms with Gasteiger partial charge in [0.05, 0.1) is 6.10 Å². The maximum atomic E-state index is 8.72. The molecule has 1 N–H and O–H groups in total. The van der Waals surface area contributed by atoms with Gasteiger partial charge in [0, 0.05) is 0 Å². The number of hydrogen-bond donors (Lipinski definition) is 1. The van der Waals surface area contributed by atoms with E-state index >= 15 is 0 Å². The summed E-state index contributed by atoms with van der Waals surface area (Å²) in [6.45, 7) is 6.03.